The third kappa shape index (κ3) is 7.48. The van der Waals surface area contributed by atoms with E-state index in [2.05, 4.69) is 33.1 Å². The molecule has 30 heavy (non-hydrogen) atoms. The summed E-state index contributed by atoms with van der Waals surface area (Å²) < 4.78 is 17.3. The van der Waals surface area contributed by atoms with Crippen molar-refractivity contribution >= 4 is 21.8 Å². The Hall–Kier alpha value is -2.93. The van der Waals surface area contributed by atoms with E-state index in [9.17, 15) is 4.79 Å². The highest BCUT2D eigenvalue weighted by atomic mass is 79.9. The number of carbonyl (C=O) groups is 1. The maximum absolute atomic E-state index is 12.6. The van der Waals surface area contributed by atoms with Crippen LogP contribution < -0.4 is 14.8 Å². The Bertz CT molecular complexity index is 912. The van der Waals surface area contributed by atoms with E-state index in [0.717, 1.165) is 15.6 Å². The van der Waals surface area contributed by atoms with Crippen LogP contribution in [0.25, 0.3) is 0 Å². The molecule has 0 spiro atoms. The first-order valence-electron chi connectivity index (χ1n) is 9.37. The summed E-state index contributed by atoms with van der Waals surface area (Å²) in [7, 11) is 1.57. The molecular weight excluding hydrogens is 446 g/mol. The van der Waals surface area contributed by atoms with E-state index in [0.29, 0.717) is 30.9 Å². The van der Waals surface area contributed by atoms with Crippen molar-refractivity contribution in [3.8, 4) is 36.2 Å². The maximum atomic E-state index is 12.6. The molecule has 0 saturated heterocycles. The van der Waals surface area contributed by atoms with Crippen molar-refractivity contribution in [1.82, 2.24) is 5.32 Å². The van der Waals surface area contributed by atoms with Crippen LogP contribution in [0.1, 0.15) is 11.1 Å². The lowest BCUT2D eigenvalue weighted by Crippen LogP contribution is -2.39. The average molecular weight is 470 g/mol. The van der Waals surface area contributed by atoms with E-state index >= 15 is 0 Å². The summed E-state index contributed by atoms with van der Waals surface area (Å²) >= 11 is 3.40. The summed E-state index contributed by atoms with van der Waals surface area (Å²) in [5.41, 5.74) is 1.98. The molecule has 0 bridgehead atoms. The molecule has 1 N–H and O–H groups in total. The molecule has 2 aromatic rings. The lowest BCUT2D eigenvalue weighted by atomic mass is 10.1. The first-order valence-corrected chi connectivity index (χ1v) is 10.2. The van der Waals surface area contributed by atoms with Crippen molar-refractivity contribution in [2.75, 3.05) is 26.9 Å². The molecule has 5 nitrogen and oxygen atoms in total. The van der Waals surface area contributed by atoms with Crippen molar-refractivity contribution in [2.24, 2.45) is 0 Å². The van der Waals surface area contributed by atoms with Crippen LogP contribution in [0.3, 0.4) is 0 Å². The van der Waals surface area contributed by atoms with Crippen molar-refractivity contribution in [3.05, 3.63) is 58.1 Å². The maximum Gasteiger partial charge on any atom is 0.249 e. The number of nitrogens with one attached hydrogen (secondary N) is 1. The number of benzene rings is 2. The molecule has 0 fully saturated rings. The highest BCUT2D eigenvalue weighted by Crippen LogP contribution is 2.28. The molecule has 2 aromatic carbocycles. The van der Waals surface area contributed by atoms with Crippen LogP contribution in [0.15, 0.2) is 46.9 Å². The molecule has 6 heteroatoms. The molecule has 1 atom stereocenters. The van der Waals surface area contributed by atoms with E-state index in [4.69, 9.17) is 27.1 Å². The minimum Gasteiger partial charge on any atom is -0.493 e. The van der Waals surface area contributed by atoms with Crippen molar-refractivity contribution < 1.29 is 19.0 Å². The zero-order valence-corrected chi connectivity index (χ0v) is 18.4. The molecule has 1 amide bonds. The van der Waals surface area contributed by atoms with Gasteiger partial charge in [0, 0.05) is 17.4 Å². The Labute approximate surface area is 186 Å². The van der Waals surface area contributed by atoms with Crippen LogP contribution in [-0.4, -0.2) is 38.9 Å². The van der Waals surface area contributed by atoms with Crippen LogP contribution in [0.4, 0.5) is 0 Å². The van der Waals surface area contributed by atoms with Crippen LogP contribution in [0, 0.1) is 24.7 Å². The molecule has 0 aromatic heterocycles. The molecule has 0 aliphatic rings. The summed E-state index contributed by atoms with van der Waals surface area (Å²) in [5, 5.41) is 2.92. The number of hydrogen-bond acceptors (Lipinski definition) is 4. The van der Waals surface area contributed by atoms with Gasteiger partial charge in [0.15, 0.2) is 11.5 Å². The normalized spacial score (nSPS) is 11.1. The molecule has 1 unspecified atom stereocenters. The summed E-state index contributed by atoms with van der Waals surface area (Å²) in [5.74, 6) is 5.82. The largest absolute Gasteiger partial charge is 0.493 e. The molecule has 0 saturated carbocycles. The zero-order chi connectivity index (χ0) is 21.8. The van der Waals surface area contributed by atoms with Gasteiger partial charge in [-0.25, -0.2) is 0 Å². The fourth-order valence-corrected chi connectivity index (χ4v) is 3.02. The van der Waals surface area contributed by atoms with Crippen molar-refractivity contribution in [2.45, 2.75) is 18.9 Å². The number of carbonyl (C=O) groups excluding carboxylic acids is 1. The van der Waals surface area contributed by atoms with Crippen LogP contribution >= 0.6 is 15.9 Å². The van der Waals surface area contributed by atoms with Gasteiger partial charge in [0.25, 0.3) is 0 Å². The van der Waals surface area contributed by atoms with Gasteiger partial charge in [0.05, 0.1) is 7.11 Å². The third-order valence-electron chi connectivity index (χ3n) is 4.25. The SMILES string of the molecule is C#CCOc1ccc(CCNC(=O)C(Cc2ccc(Br)cc2)OCC#C)cc1OC. The molecular formula is C24H24BrNO4. The van der Waals surface area contributed by atoms with E-state index in [1.807, 2.05) is 36.4 Å². The Morgan fingerprint density at radius 3 is 2.43 bits per heavy atom. The first-order chi connectivity index (χ1) is 14.6. The van der Waals surface area contributed by atoms with Crippen LogP contribution in [0.2, 0.25) is 0 Å². The second-order valence-electron chi connectivity index (χ2n) is 6.35. The van der Waals surface area contributed by atoms with Gasteiger partial charge in [-0.2, -0.15) is 0 Å². The smallest absolute Gasteiger partial charge is 0.249 e. The third-order valence-corrected chi connectivity index (χ3v) is 4.78. The second kappa shape index (κ2) is 12.6. The average Bonchev–Trinajstić information content (AvgIpc) is 2.76. The molecule has 156 valence electrons. The molecule has 0 aliphatic carbocycles. The zero-order valence-electron chi connectivity index (χ0n) is 16.8. The Morgan fingerprint density at radius 1 is 1.07 bits per heavy atom. The number of methoxy groups -OCH3 is 1. The molecule has 2 rings (SSSR count). The van der Waals surface area contributed by atoms with Gasteiger partial charge in [-0.1, -0.05) is 46.0 Å². The molecule has 0 heterocycles. The minimum atomic E-state index is -0.656. The number of ether oxygens (including phenoxy) is 3. The highest BCUT2D eigenvalue weighted by molar-refractivity contribution is 9.10. The van der Waals surface area contributed by atoms with Gasteiger partial charge in [-0.05, 0) is 41.8 Å². The van der Waals surface area contributed by atoms with Crippen LogP contribution in [0.5, 0.6) is 11.5 Å². The Balaban J connectivity index is 1.93. The van der Waals surface area contributed by atoms with Gasteiger partial charge in [-0.15, -0.1) is 12.8 Å². The lowest BCUT2D eigenvalue weighted by Gasteiger charge is -2.17. The van der Waals surface area contributed by atoms with Gasteiger partial charge in [-0.3, -0.25) is 4.79 Å². The van der Waals surface area contributed by atoms with Crippen LogP contribution in [-0.2, 0) is 22.4 Å². The van der Waals surface area contributed by atoms with Gasteiger partial charge < -0.3 is 19.5 Å². The van der Waals surface area contributed by atoms with Gasteiger partial charge in [0.2, 0.25) is 5.91 Å². The van der Waals surface area contributed by atoms with E-state index in [1.165, 1.54) is 0 Å². The molecule has 0 radical (unpaired) electrons. The summed E-state index contributed by atoms with van der Waals surface area (Å²) in [4.78, 5) is 12.6. The van der Waals surface area contributed by atoms with E-state index < -0.39 is 6.10 Å². The highest BCUT2D eigenvalue weighted by Gasteiger charge is 2.19. The number of hydrogen-bond donors (Lipinski definition) is 1. The second-order valence-corrected chi connectivity index (χ2v) is 7.27. The fourth-order valence-electron chi connectivity index (χ4n) is 2.76. The number of amides is 1. The lowest BCUT2D eigenvalue weighted by molar-refractivity contribution is -0.131. The summed E-state index contributed by atoms with van der Waals surface area (Å²) in [6.45, 7) is 0.691. The number of terminal acetylenes is 2. The Kier molecular flexibility index (Phi) is 9.80. The standard InChI is InChI=1S/C24H24BrNO4/c1-4-14-29-21-11-8-19(16-22(21)28-3)12-13-26-24(27)23(30-15-5-2)17-18-6-9-20(25)10-7-18/h1-2,6-11,16,23H,12-15,17H2,3H3,(H,26,27). The van der Waals surface area contributed by atoms with E-state index in [1.54, 1.807) is 13.2 Å². The topological polar surface area (TPSA) is 56.8 Å². The monoisotopic (exact) mass is 469 g/mol. The van der Waals surface area contributed by atoms with Crippen molar-refractivity contribution in [3.63, 3.8) is 0 Å². The van der Waals surface area contributed by atoms with Crippen molar-refractivity contribution in [1.29, 1.82) is 0 Å². The predicted molar refractivity (Wildman–Crippen MR) is 120 cm³/mol. The number of rotatable bonds is 11. The minimum absolute atomic E-state index is 0.0743. The summed E-state index contributed by atoms with van der Waals surface area (Å²) in [6, 6.07) is 13.3. The molecule has 0 aliphatic heterocycles. The predicted octanol–water partition coefficient (Wildman–Crippen LogP) is 3.39. The van der Waals surface area contributed by atoms with E-state index in [-0.39, 0.29) is 19.1 Å². The van der Waals surface area contributed by atoms with Gasteiger partial charge in [0.1, 0.15) is 19.3 Å². The fraction of sp³-hybridized carbons (Fsp3) is 0.292. The van der Waals surface area contributed by atoms with Gasteiger partial charge >= 0.3 is 0 Å². The number of halogens is 1. The summed E-state index contributed by atoms with van der Waals surface area (Å²) in [6.07, 6.45) is 10.9. The quantitative estimate of drug-likeness (QED) is 0.512. The first kappa shape index (κ1) is 23.3. The Morgan fingerprint density at radius 2 is 1.77 bits per heavy atom.